The van der Waals surface area contributed by atoms with Crippen LogP contribution in [-0.2, 0) is 0 Å². The second kappa shape index (κ2) is 5.59. The van der Waals surface area contributed by atoms with E-state index in [2.05, 4.69) is 22.6 Å². The van der Waals surface area contributed by atoms with E-state index in [0.717, 1.165) is 14.7 Å². The zero-order valence-corrected chi connectivity index (χ0v) is 14.1. The molecule has 2 rings (SSSR count). The first-order chi connectivity index (χ1) is 7.99. The van der Waals surface area contributed by atoms with Gasteiger partial charge < -0.3 is 0 Å². The summed E-state index contributed by atoms with van der Waals surface area (Å²) in [5.74, 6) is -0.307. The first-order valence-corrected chi connectivity index (χ1v) is 7.50. The molecule has 0 aliphatic rings. The zero-order chi connectivity index (χ0) is 12.6. The molecule has 0 atom stereocenters. The molecule has 2 aromatic rings. The van der Waals surface area contributed by atoms with E-state index in [-0.39, 0.29) is 5.82 Å². The summed E-state index contributed by atoms with van der Waals surface area (Å²) in [7, 11) is 0. The summed E-state index contributed by atoms with van der Waals surface area (Å²) in [6, 6.07) is 8.57. The van der Waals surface area contributed by atoms with Crippen molar-refractivity contribution in [2.75, 3.05) is 0 Å². The van der Waals surface area contributed by atoms with Crippen molar-refractivity contribution in [3.8, 4) is 11.1 Å². The first-order valence-electron chi connectivity index (χ1n) is 4.59. The highest BCUT2D eigenvalue weighted by Crippen LogP contribution is 2.34. The molecule has 0 radical (unpaired) electrons. The Bertz CT molecular complexity index is 585. The molecule has 0 saturated heterocycles. The molecule has 0 spiro atoms. The highest BCUT2D eigenvalue weighted by molar-refractivity contribution is 14.1. The van der Waals surface area contributed by atoms with Gasteiger partial charge in [-0.1, -0.05) is 29.3 Å². The van der Waals surface area contributed by atoms with Gasteiger partial charge in [-0.3, -0.25) is 0 Å². The molecule has 0 unspecified atom stereocenters. The van der Waals surface area contributed by atoms with Crippen LogP contribution in [0.15, 0.2) is 30.3 Å². The Labute approximate surface area is 136 Å². The third-order valence-electron chi connectivity index (χ3n) is 2.21. The lowest BCUT2D eigenvalue weighted by atomic mass is 10.1. The minimum atomic E-state index is -0.307. The van der Waals surface area contributed by atoms with E-state index in [9.17, 15) is 4.39 Å². The first kappa shape index (κ1) is 13.8. The third kappa shape index (κ3) is 3.05. The van der Waals surface area contributed by atoms with E-state index in [0.29, 0.717) is 13.6 Å². The van der Waals surface area contributed by atoms with Crippen LogP contribution >= 0.6 is 68.4 Å². The molecule has 2 aromatic carbocycles. The SMILES string of the molecule is Fc1cc(Cl)cc(-c2ccc(Cl)cc2I)c1I. The molecule has 0 aliphatic carbocycles. The van der Waals surface area contributed by atoms with Crippen LogP contribution in [0.2, 0.25) is 10.0 Å². The van der Waals surface area contributed by atoms with Gasteiger partial charge in [-0.05, 0) is 75.0 Å². The molecule has 0 aromatic heterocycles. The standard InChI is InChI=1S/C12H5Cl2FI2/c13-6-1-2-8(11(16)5-6)9-3-7(14)4-10(15)12(9)17/h1-5H. The summed E-state index contributed by atoms with van der Waals surface area (Å²) >= 11 is 15.9. The maximum atomic E-state index is 13.6. The van der Waals surface area contributed by atoms with Crippen molar-refractivity contribution in [2.45, 2.75) is 0 Å². The van der Waals surface area contributed by atoms with Crippen molar-refractivity contribution in [2.24, 2.45) is 0 Å². The Kier molecular flexibility index (Phi) is 4.55. The van der Waals surface area contributed by atoms with Gasteiger partial charge in [-0.2, -0.15) is 0 Å². The highest BCUT2D eigenvalue weighted by Gasteiger charge is 2.12. The van der Waals surface area contributed by atoms with E-state index in [4.69, 9.17) is 23.2 Å². The molecule has 0 saturated carbocycles. The largest absolute Gasteiger partial charge is 0.206 e. The van der Waals surface area contributed by atoms with Crippen LogP contribution in [0.3, 0.4) is 0 Å². The summed E-state index contributed by atoms with van der Waals surface area (Å²) in [5.41, 5.74) is 1.72. The van der Waals surface area contributed by atoms with Crippen LogP contribution in [0.4, 0.5) is 4.39 Å². The van der Waals surface area contributed by atoms with Crippen molar-refractivity contribution >= 4 is 68.4 Å². The van der Waals surface area contributed by atoms with Gasteiger partial charge in [-0.25, -0.2) is 4.39 Å². The lowest BCUT2D eigenvalue weighted by molar-refractivity contribution is 0.621. The van der Waals surface area contributed by atoms with E-state index in [1.807, 2.05) is 34.7 Å². The van der Waals surface area contributed by atoms with Crippen LogP contribution in [0.5, 0.6) is 0 Å². The van der Waals surface area contributed by atoms with Crippen LogP contribution in [0, 0.1) is 13.0 Å². The molecule has 0 aliphatic heterocycles. The molecule has 5 heteroatoms. The smallest absolute Gasteiger partial charge is 0.138 e. The van der Waals surface area contributed by atoms with Gasteiger partial charge in [0.2, 0.25) is 0 Å². The molecule has 0 heterocycles. The van der Waals surface area contributed by atoms with Crippen molar-refractivity contribution in [3.63, 3.8) is 0 Å². The van der Waals surface area contributed by atoms with E-state index >= 15 is 0 Å². The minimum Gasteiger partial charge on any atom is -0.206 e. The van der Waals surface area contributed by atoms with Crippen molar-refractivity contribution < 1.29 is 4.39 Å². The highest BCUT2D eigenvalue weighted by atomic mass is 127. The molecule has 0 nitrogen and oxygen atoms in total. The van der Waals surface area contributed by atoms with Crippen LogP contribution < -0.4 is 0 Å². The van der Waals surface area contributed by atoms with E-state index in [1.165, 1.54) is 6.07 Å². The second-order valence-electron chi connectivity index (χ2n) is 3.37. The van der Waals surface area contributed by atoms with Gasteiger partial charge in [-0.15, -0.1) is 0 Å². The van der Waals surface area contributed by atoms with Gasteiger partial charge >= 0.3 is 0 Å². The number of benzene rings is 2. The number of hydrogen-bond donors (Lipinski definition) is 0. The monoisotopic (exact) mass is 492 g/mol. The minimum absolute atomic E-state index is 0.307. The fraction of sp³-hybridized carbons (Fsp3) is 0. The maximum Gasteiger partial charge on any atom is 0.138 e. The molecule has 17 heavy (non-hydrogen) atoms. The average Bonchev–Trinajstić information content (AvgIpc) is 2.24. The molecule has 88 valence electrons. The molecule has 0 amide bonds. The molecular weight excluding hydrogens is 488 g/mol. The quantitative estimate of drug-likeness (QED) is 0.338. The van der Waals surface area contributed by atoms with Crippen LogP contribution in [0.1, 0.15) is 0 Å². The second-order valence-corrected chi connectivity index (χ2v) is 6.49. The summed E-state index contributed by atoms with van der Waals surface area (Å²) in [5, 5.41) is 1.05. The maximum absolute atomic E-state index is 13.6. The predicted octanol–water partition coefficient (Wildman–Crippen LogP) is 6.01. The summed E-state index contributed by atoms with van der Waals surface area (Å²) in [6.07, 6.45) is 0. The summed E-state index contributed by atoms with van der Waals surface area (Å²) in [6.45, 7) is 0. The Morgan fingerprint density at radius 3 is 2.24 bits per heavy atom. The van der Waals surface area contributed by atoms with Crippen molar-refractivity contribution in [3.05, 3.63) is 53.3 Å². The third-order valence-corrected chi connectivity index (χ3v) is 4.66. The number of rotatable bonds is 1. The van der Waals surface area contributed by atoms with Gasteiger partial charge in [0.25, 0.3) is 0 Å². The molecule has 0 fully saturated rings. The molecular formula is C12H5Cl2FI2. The fourth-order valence-electron chi connectivity index (χ4n) is 1.46. The van der Waals surface area contributed by atoms with Gasteiger partial charge in [0.05, 0.1) is 3.57 Å². The van der Waals surface area contributed by atoms with Gasteiger partial charge in [0.1, 0.15) is 5.82 Å². The normalized spacial score (nSPS) is 10.6. The average molecular weight is 493 g/mol. The Morgan fingerprint density at radius 2 is 1.59 bits per heavy atom. The predicted molar refractivity (Wildman–Crippen MR) is 87.3 cm³/mol. The Morgan fingerprint density at radius 1 is 0.882 bits per heavy atom. The molecule has 0 bridgehead atoms. The van der Waals surface area contributed by atoms with Gasteiger partial charge in [0.15, 0.2) is 0 Å². The van der Waals surface area contributed by atoms with E-state index < -0.39 is 0 Å². The van der Waals surface area contributed by atoms with E-state index in [1.54, 1.807) is 12.1 Å². The van der Waals surface area contributed by atoms with Gasteiger partial charge in [0, 0.05) is 19.2 Å². The summed E-state index contributed by atoms with van der Waals surface area (Å²) < 4.78 is 15.1. The van der Waals surface area contributed by atoms with Crippen molar-refractivity contribution in [1.82, 2.24) is 0 Å². The summed E-state index contributed by atoms with van der Waals surface area (Å²) in [4.78, 5) is 0. The lowest BCUT2D eigenvalue weighted by Crippen LogP contribution is -1.91. The van der Waals surface area contributed by atoms with Crippen LogP contribution in [0.25, 0.3) is 11.1 Å². The number of halogens is 5. The topological polar surface area (TPSA) is 0 Å². The number of hydrogen-bond acceptors (Lipinski definition) is 0. The molecule has 0 N–H and O–H groups in total. The zero-order valence-electron chi connectivity index (χ0n) is 8.28. The van der Waals surface area contributed by atoms with Crippen LogP contribution in [-0.4, -0.2) is 0 Å². The Hall–Kier alpha value is 0.410. The van der Waals surface area contributed by atoms with Crippen molar-refractivity contribution in [1.29, 1.82) is 0 Å². The lowest BCUT2D eigenvalue weighted by Gasteiger charge is -2.09. The Balaban J connectivity index is 2.68. The fourth-order valence-corrected chi connectivity index (χ4v) is 3.43.